The number of halogens is 1. The van der Waals surface area contributed by atoms with Gasteiger partial charge >= 0.3 is 0 Å². The van der Waals surface area contributed by atoms with Crippen LogP contribution in [-0.4, -0.2) is 44.0 Å². The minimum atomic E-state index is 0. The van der Waals surface area contributed by atoms with Crippen molar-refractivity contribution >= 4 is 35.8 Å². The van der Waals surface area contributed by atoms with Gasteiger partial charge in [-0.15, -0.1) is 24.0 Å². The van der Waals surface area contributed by atoms with Gasteiger partial charge < -0.3 is 20.3 Å². The second-order valence-electron chi connectivity index (χ2n) is 6.77. The molecular weight excluding hydrogens is 491 g/mol. The lowest BCUT2D eigenvalue weighted by atomic mass is 10.1. The molecule has 6 nitrogen and oxygen atoms in total. The Balaban J connectivity index is 0.00000450. The normalized spacial score (nSPS) is 10.8. The van der Waals surface area contributed by atoms with E-state index in [-0.39, 0.29) is 29.9 Å². The quantitative estimate of drug-likeness (QED) is 0.312. The lowest BCUT2D eigenvalue weighted by Crippen LogP contribution is -2.36. The van der Waals surface area contributed by atoms with Crippen LogP contribution in [0.15, 0.2) is 47.5 Å². The van der Waals surface area contributed by atoms with Crippen molar-refractivity contribution in [3.8, 4) is 5.75 Å². The van der Waals surface area contributed by atoms with E-state index in [1.165, 1.54) is 0 Å². The summed E-state index contributed by atoms with van der Waals surface area (Å²) < 4.78 is 5.45. The summed E-state index contributed by atoms with van der Waals surface area (Å²) >= 11 is 0. The largest absolute Gasteiger partial charge is 0.496 e. The minimum absolute atomic E-state index is 0. The first-order chi connectivity index (χ1) is 14.0. The zero-order chi connectivity index (χ0) is 21.2. The molecule has 0 saturated carbocycles. The fourth-order valence-electron chi connectivity index (χ4n) is 3.04. The maximum atomic E-state index is 12.4. The number of aliphatic imine (C=N–C) groups is 1. The number of aryl methyl sites for hydroxylation is 1. The zero-order valence-corrected chi connectivity index (χ0v) is 20.8. The Bertz CT molecular complexity index is 834. The van der Waals surface area contributed by atoms with Gasteiger partial charge in [-0.1, -0.05) is 24.3 Å². The van der Waals surface area contributed by atoms with Crippen molar-refractivity contribution in [1.82, 2.24) is 15.5 Å². The van der Waals surface area contributed by atoms with Crippen molar-refractivity contribution in [3.63, 3.8) is 0 Å². The molecule has 0 aliphatic heterocycles. The molecule has 0 bridgehead atoms. The van der Waals surface area contributed by atoms with E-state index in [1.54, 1.807) is 14.2 Å². The number of guanidine groups is 1. The van der Waals surface area contributed by atoms with Gasteiger partial charge in [0.25, 0.3) is 5.91 Å². The highest BCUT2D eigenvalue weighted by molar-refractivity contribution is 14.0. The number of benzene rings is 2. The Morgan fingerprint density at radius 3 is 2.23 bits per heavy atom. The van der Waals surface area contributed by atoms with Crippen LogP contribution in [0.2, 0.25) is 0 Å². The van der Waals surface area contributed by atoms with E-state index in [0.29, 0.717) is 37.7 Å². The Morgan fingerprint density at radius 1 is 1.03 bits per heavy atom. The number of nitrogens with zero attached hydrogens (tertiary/aromatic N) is 2. The lowest BCUT2D eigenvalue weighted by Gasteiger charge is -2.18. The molecule has 2 aromatic carbocycles. The first-order valence-electron chi connectivity index (χ1n) is 9.98. The molecule has 0 fully saturated rings. The van der Waals surface area contributed by atoms with Crippen molar-refractivity contribution in [2.75, 3.05) is 27.2 Å². The van der Waals surface area contributed by atoms with E-state index in [2.05, 4.69) is 27.8 Å². The molecule has 2 N–H and O–H groups in total. The molecule has 0 radical (unpaired) electrons. The molecule has 0 aliphatic carbocycles. The van der Waals surface area contributed by atoms with Gasteiger partial charge in [0.05, 0.1) is 7.11 Å². The first kappa shape index (κ1) is 25.7. The van der Waals surface area contributed by atoms with Gasteiger partial charge in [-0.05, 0) is 50.1 Å². The van der Waals surface area contributed by atoms with Crippen LogP contribution in [0.25, 0.3) is 0 Å². The monoisotopic (exact) mass is 524 g/mol. The summed E-state index contributed by atoms with van der Waals surface area (Å²) in [6, 6.07) is 13.8. The summed E-state index contributed by atoms with van der Waals surface area (Å²) in [4.78, 5) is 18.5. The van der Waals surface area contributed by atoms with E-state index in [9.17, 15) is 4.79 Å². The molecule has 0 heterocycles. The summed E-state index contributed by atoms with van der Waals surface area (Å²) in [6.07, 6.45) is 0. The van der Waals surface area contributed by atoms with Crippen molar-refractivity contribution in [1.29, 1.82) is 0 Å². The van der Waals surface area contributed by atoms with Gasteiger partial charge in [-0.2, -0.15) is 0 Å². The number of hydrogen-bond acceptors (Lipinski definition) is 3. The van der Waals surface area contributed by atoms with Crippen molar-refractivity contribution in [3.05, 3.63) is 64.7 Å². The molecule has 0 aromatic heterocycles. The summed E-state index contributed by atoms with van der Waals surface area (Å²) in [5.74, 6) is 1.64. The van der Waals surface area contributed by atoms with Gasteiger partial charge in [-0.3, -0.25) is 9.79 Å². The summed E-state index contributed by atoms with van der Waals surface area (Å²) in [5, 5.41) is 6.61. The van der Waals surface area contributed by atoms with Crippen molar-refractivity contribution in [2.45, 2.75) is 33.9 Å². The van der Waals surface area contributed by atoms with Crippen LogP contribution in [0.5, 0.6) is 5.75 Å². The highest BCUT2D eigenvalue weighted by Crippen LogP contribution is 2.19. The van der Waals surface area contributed by atoms with E-state index in [1.807, 2.05) is 56.0 Å². The summed E-state index contributed by atoms with van der Waals surface area (Å²) in [6.45, 7) is 8.68. The predicted octanol–water partition coefficient (Wildman–Crippen LogP) is 3.97. The number of carbonyl (C=O) groups excluding carboxylic acids is 1. The van der Waals surface area contributed by atoms with Gasteiger partial charge in [0.2, 0.25) is 0 Å². The third-order valence-corrected chi connectivity index (χ3v) is 4.82. The maximum Gasteiger partial charge on any atom is 0.253 e. The van der Waals surface area contributed by atoms with E-state index < -0.39 is 0 Å². The molecule has 0 saturated heterocycles. The highest BCUT2D eigenvalue weighted by Gasteiger charge is 2.12. The number of methoxy groups -OCH3 is 1. The van der Waals surface area contributed by atoms with E-state index in [0.717, 1.165) is 22.4 Å². The zero-order valence-electron chi connectivity index (χ0n) is 18.5. The summed E-state index contributed by atoms with van der Waals surface area (Å²) in [5.41, 5.74) is 4.03. The topological polar surface area (TPSA) is 66.0 Å². The SMILES string of the molecule is CCN(CC)C(=O)c1ccc(CNC(=NC)NCc2ccc(C)cc2OC)cc1.I. The standard InChI is InChI=1S/C23H32N4O2.HI/c1-6-27(7-2)22(28)19-12-9-18(10-13-19)15-25-23(24-4)26-16-20-11-8-17(3)14-21(20)29-5;/h8-14H,6-7,15-16H2,1-5H3,(H2,24,25,26);1H. The number of nitrogens with one attached hydrogen (secondary N) is 2. The molecule has 7 heteroatoms. The number of amides is 1. The molecule has 0 aliphatic rings. The fraction of sp³-hybridized carbons (Fsp3) is 0.391. The Kier molecular flexibility index (Phi) is 11.2. The highest BCUT2D eigenvalue weighted by atomic mass is 127. The fourth-order valence-corrected chi connectivity index (χ4v) is 3.04. The van der Waals surface area contributed by atoms with Crippen LogP contribution >= 0.6 is 24.0 Å². The van der Waals surface area contributed by atoms with Crippen molar-refractivity contribution < 1.29 is 9.53 Å². The summed E-state index contributed by atoms with van der Waals surface area (Å²) in [7, 11) is 3.42. The molecule has 0 unspecified atom stereocenters. The molecular formula is C23H33IN4O2. The average Bonchev–Trinajstić information content (AvgIpc) is 2.75. The van der Waals surface area contributed by atoms with Gasteiger partial charge in [0, 0.05) is 44.4 Å². The molecule has 0 atom stereocenters. The Labute approximate surface area is 197 Å². The van der Waals surface area contributed by atoms with Crippen LogP contribution in [0, 0.1) is 6.92 Å². The van der Waals surface area contributed by atoms with E-state index >= 15 is 0 Å². The average molecular weight is 524 g/mol. The minimum Gasteiger partial charge on any atom is -0.496 e. The Hall–Kier alpha value is -2.29. The number of ether oxygens (including phenoxy) is 1. The molecule has 0 spiro atoms. The van der Waals surface area contributed by atoms with Gasteiger partial charge in [0.1, 0.15) is 5.75 Å². The number of rotatable bonds is 8. The predicted molar refractivity (Wildman–Crippen MR) is 134 cm³/mol. The maximum absolute atomic E-state index is 12.4. The van der Waals surface area contributed by atoms with Crippen LogP contribution < -0.4 is 15.4 Å². The molecule has 164 valence electrons. The molecule has 2 rings (SSSR count). The third-order valence-electron chi connectivity index (χ3n) is 4.82. The number of hydrogen-bond donors (Lipinski definition) is 2. The molecule has 30 heavy (non-hydrogen) atoms. The second-order valence-corrected chi connectivity index (χ2v) is 6.77. The van der Waals surface area contributed by atoms with Crippen LogP contribution in [0.1, 0.15) is 40.9 Å². The van der Waals surface area contributed by atoms with Crippen molar-refractivity contribution in [2.24, 2.45) is 4.99 Å². The molecule has 2 aromatic rings. The lowest BCUT2D eigenvalue weighted by molar-refractivity contribution is 0.0773. The van der Waals surface area contributed by atoms with Crippen LogP contribution in [0.4, 0.5) is 0 Å². The molecule has 1 amide bonds. The number of carbonyl (C=O) groups is 1. The second kappa shape index (κ2) is 13.1. The van der Waals surface area contributed by atoms with Gasteiger partial charge in [-0.25, -0.2) is 0 Å². The Morgan fingerprint density at radius 2 is 1.67 bits per heavy atom. The van der Waals surface area contributed by atoms with Crippen LogP contribution in [0.3, 0.4) is 0 Å². The van der Waals surface area contributed by atoms with Crippen LogP contribution in [-0.2, 0) is 13.1 Å². The van der Waals surface area contributed by atoms with E-state index in [4.69, 9.17) is 4.74 Å². The first-order valence-corrected chi connectivity index (χ1v) is 9.98. The van der Waals surface area contributed by atoms with Gasteiger partial charge in [0.15, 0.2) is 5.96 Å². The third kappa shape index (κ3) is 7.19. The smallest absolute Gasteiger partial charge is 0.253 e.